The molecule has 8 nitrogen and oxygen atoms in total. The predicted octanol–water partition coefficient (Wildman–Crippen LogP) is -0.214. The second kappa shape index (κ2) is 6.19. The maximum atomic E-state index is 12.1. The van der Waals surface area contributed by atoms with Crippen LogP contribution < -0.4 is 11.0 Å². The van der Waals surface area contributed by atoms with E-state index >= 15 is 0 Å². The summed E-state index contributed by atoms with van der Waals surface area (Å²) in [5.41, 5.74) is -0.426. The molecule has 1 aliphatic heterocycles. The number of carbonyl (C=O) groups excluding carboxylic acids is 1. The highest BCUT2D eigenvalue weighted by Crippen LogP contribution is 2.11. The Morgan fingerprint density at radius 3 is 3.14 bits per heavy atom. The lowest BCUT2D eigenvalue weighted by atomic mass is 10.2. The van der Waals surface area contributed by atoms with Gasteiger partial charge in [0, 0.05) is 13.2 Å². The topological polar surface area (TPSA) is 91.0 Å². The average molecular weight is 309 g/mol. The highest BCUT2D eigenvalue weighted by atomic mass is 32.1. The number of tetrazole rings is 1. The molecule has 9 heteroatoms. The van der Waals surface area contributed by atoms with Gasteiger partial charge in [0.15, 0.2) is 0 Å². The normalized spacial score (nSPS) is 18.0. The monoisotopic (exact) mass is 309 g/mol. The van der Waals surface area contributed by atoms with Gasteiger partial charge < -0.3 is 10.1 Å². The Bertz CT molecular complexity index is 657. The van der Waals surface area contributed by atoms with Crippen molar-refractivity contribution >= 4 is 17.2 Å². The fourth-order valence-electron chi connectivity index (χ4n) is 2.13. The number of amides is 1. The molecule has 0 saturated carbocycles. The van der Waals surface area contributed by atoms with Crippen molar-refractivity contribution in [3.05, 3.63) is 28.0 Å². The van der Waals surface area contributed by atoms with E-state index in [0.29, 0.717) is 11.5 Å². The summed E-state index contributed by atoms with van der Waals surface area (Å²) in [6.45, 7) is 1.07. The third-order valence-corrected chi connectivity index (χ3v) is 4.04. The molecule has 0 bridgehead atoms. The zero-order valence-corrected chi connectivity index (χ0v) is 12.1. The Morgan fingerprint density at radius 2 is 2.43 bits per heavy atom. The van der Waals surface area contributed by atoms with E-state index in [1.54, 1.807) is 6.07 Å². The average Bonchev–Trinajstić information content (AvgIpc) is 3.19. The Balaban J connectivity index is 1.60. The van der Waals surface area contributed by atoms with Gasteiger partial charge in [-0.1, -0.05) is 0 Å². The Hall–Kier alpha value is -2.00. The summed E-state index contributed by atoms with van der Waals surface area (Å²) in [7, 11) is 0. The van der Waals surface area contributed by atoms with Crippen LogP contribution in [0.3, 0.4) is 0 Å². The SMILES string of the molecule is O=C(Cn1nnn(-c2cccs2)c1=O)NC[C@H]1CCCO1. The van der Waals surface area contributed by atoms with Crippen LogP contribution in [0.25, 0.3) is 5.00 Å². The molecule has 21 heavy (non-hydrogen) atoms. The number of hydrogen-bond donors (Lipinski definition) is 1. The Morgan fingerprint density at radius 1 is 1.52 bits per heavy atom. The highest BCUT2D eigenvalue weighted by molar-refractivity contribution is 7.12. The number of nitrogens with zero attached hydrogens (tertiary/aromatic N) is 4. The molecule has 1 fully saturated rings. The molecule has 3 rings (SSSR count). The zero-order valence-electron chi connectivity index (χ0n) is 11.3. The maximum Gasteiger partial charge on any atom is 0.369 e. The van der Waals surface area contributed by atoms with E-state index in [1.165, 1.54) is 16.0 Å². The minimum atomic E-state index is -0.426. The van der Waals surface area contributed by atoms with Crippen molar-refractivity contribution in [2.75, 3.05) is 13.2 Å². The molecular formula is C12H15N5O3S. The summed E-state index contributed by atoms with van der Waals surface area (Å²) >= 11 is 1.38. The minimum absolute atomic E-state index is 0.0764. The van der Waals surface area contributed by atoms with Gasteiger partial charge in [-0.2, -0.15) is 9.36 Å². The fraction of sp³-hybridized carbons (Fsp3) is 0.500. The van der Waals surface area contributed by atoms with Gasteiger partial charge in [-0.25, -0.2) is 4.79 Å². The minimum Gasteiger partial charge on any atom is -0.376 e. The molecule has 2 aromatic rings. The molecular weight excluding hydrogens is 294 g/mol. The van der Waals surface area contributed by atoms with E-state index in [2.05, 4.69) is 15.7 Å². The van der Waals surface area contributed by atoms with Crippen LogP contribution in [0.15, 0.2) is 22.3 Å². The molecule has 0 aliphatic carbocycles. The third-order valence-electron chi connectivity index (χ3n) is 3.20. The van der Waals surface area contributed by atoms with Crippen LogP contribution in [0, 0.1) is 0 Å². The van der Waals surface area contributed by atoms with Gasteiger partial charge in [0.05, 0.1) is 6.10 Å². The predicted molar refractivity (Wildman–Crippen MR) is 75.5 cm³/mol. The summed E-state index contributed by atoms with van der Waals surface area (Å²) in [6.07, 6.45) is 2.05. The van der Waals surface area contributed by atoms with Gasteiger partial charge in [-0.15, -0.1) is 11.3 Å². The van der Waals surface area contributed by atoms with Crippen molar-refractivity contribution in [1.82, 2.24) is 25.1 Å². The number of nitrogens with one attached hydrogen (secondary N) is 1. The number of aromatic nitrogens is 4. The van der Waals surface area contributed by atoms with Crippen LogP contribution in [0.2, 0.25) is 0 Å². The van der Waals surface area contributed by atoms with Gasteiger partial charge >= 0.3 is 5.69 Å². The van der Waals surface area contributed by atoms with Crippen molar-refractivity contribution in [3.63, 3.8) is 0 Å². The molecule has 1 saturated heterocycles. The molecule has 0 radical (unpaired) electrons. The van der Waals surface area contributed by atoms with E-state index in [4.69, 9.17) is 4.74 Å². The molecule has 0 unspecified atom stereocenters. The molecule has 3 heterocycles. The van der Waals surface area contributed by atoms with Crippen LogP contribution in [0.1, 0.15) is 12.8 Å². The van der Waals surface area contributed by atoms with Gasteiger partial charge in [-0.3, -0.25) is 4.79 Å². The smallest absolute Gasteiger partial charge is 0.369 e. The van der Waals surface area contributed by atoms with Crippen molar-refractivity contribution in [3.8, 4) is 5.00 Å². The van der Waals surface area contributed by atoms with E-state index in [1.807, 2.05) is 11.4 Å². The molecule has 0 aromatic carbocycles. The van der Waals surface area contributed by atoms with Crippen LogP contribution in [0.5, 0.6) is 0 Å². The van der Waals surface area contributed by atoms with Gasteiger partial charge in [0.1, 0.15) is 11.5 Å². The van der Waals surface area contributed by atoms with Crippen molar-refractivity contribution < 1.29 is 9.53 Å². The summed E-state index contributed by atoms with van der Waals surface area (Å²) in [4.78, 5) is 23.9. The van der Waals surface area contributed by atoms with Crippen molar-refractivity contribution in [2.24, 2.45) is 0 Å². The quantitative estimate of drug-likeness (QED) is 0.825. The Labute approximate surface area is 124 Å². The van der Waals surface area contributed by atoms with E-state index in [0.717, 1.165) is 24.1 Å². The summed E-state index contributed by atoms with van der Waals surface area (Å²) in [6, 6.07) is 3.59. The van der Waals surface area contributed by atoms with E-state index in [-0.39, 0.29) is 18.6 Å². The Kier molecular flexibility index (Phi) is 4.11. The van der Waals surface area contributed by atoms with E-state index < -0.39 is 5.69 Å². The lowest BCUT2D eigenvalue weighted by molar-refractivity contribution is -0.122. The summed E-state index contributed by atoms with van der Waals surface area (Å²) in [5, 5.41) is 12.8. The van der Waals surface area contributed by atoms with Gasteiger partial charge in [0.25, 0.3) is 0 Å². The lowest BCUT2D eigenvalue weighted by Gasteiger charge is -2.10. The number of ether oxygens (including phenoxy) is 1. The van der Waals surface area contributed by atoms with Crippen LogP contribution in [-0.4, -0.2) is 45.0 Å². The molecule has 1 amide bonds. The van der Waals surface area contributed by atoms with E-state index in [9.17, 15) is 9.59 Å². The zero-order chi connectivity index (χ0) is 14.7. The van der Waals surface area contributed by atoms with Crippen molar-refractivity contribution in [1.29, 1.82) is 0 Å². The number of thiophene rings is 1. The van der Waals surface area contributed by atoms with Gasteiger partial charge in [-0.05, 0) is 40.8 Å². The molecule has 1 aliphatic rings. The standard InChI is InChI=1S/C12H15N5O3S/c18-10(13-7-9-3-1-5-20-9)8-16-12(19)17(15-14-16)11-4-2-6-21-11/h2,4,6,9H,1,3,5,7-8H2,(H,13,18)/t9-/m1/s1. The molecule has 1 atom stereocenters. The molecule has 0 spiro atoms. The van der Waals surface area contributed by atoms with Gasteiger partial charge in [0.2, 0.25) is 5.91 Å². The third kappa shape index (κ3) is 3.19. The summed E-state index contributed by atoms with van der Waals surface area (Å²) < 4.78 is 7.64. The molecule has 2 aromatic heterocycles. The second-order valence-electron chi connectivity index (χ2n) is 4.72. The first-order valence-electron chi connectivity index (χ1n) is 6.69. The molecule has 1 N–H and O–H groups in total. The second-order valence-corrected chi connectivity index (χ2v) is 5.65. The molecule has 112 valence electrons. The number of hydrogen-bond acceptors (Lipinski definition) is 6. The maximum absolute atomic E-state index is 12.1. The largest absolute Gasteiger partial charge is 0.376 e. The van der Waals surface area contributed by atoms with Crippen LogP contribution >= 0.6 is 11.3 Å². The fourth-order valence-corrected chi connectivity index (χ4v) is 2.80. The number of rotatable bonds is 5. The number of carbonyl (C=O) groups is 1. The van der Waals surface area contributed by atoms with Crippen LogP contribution in [-0.2, 0) is 16.1 Å². The highest BCUT2D eigenvalue weighted by Gasteiger charge is 2.17. The van der Waals surface area contributed by atoms with Crippen LogP contribution in [0.4, 0.5) is 0 Å². The first-order valence-corrected chi connectivity index (χ1v) is 7.57. The lowest BCUT2D eigenvalue weighted by Crippen LogP contribution is -2.37. The van der Waals surface area contributed by atoms with Crippen molar-refractivity contribution in [2.45, 2.75) is 25.5 Å². The summed E-state index contributed by atoms with van der Waals surface area (Å²) in [5.74, 6) is -0.272. The first kappa shape index (κ1) is 14.0. The first-order chi connectivity index (χ1) is 10.2.